The highest BCUT2D eigenvalue weighted by molar-refractivity contribution is 5.05. The van der Waals surface area contributed by atoms with E-state index in [-0.39, 0.29) is 6.04 Å². The number of rotatable bonds is 4. The molecule has 1 N–H and O–H groups in total. The van der Waals surface area contributed by atoms with E-state index in [1.807, 2.05) is 7.05 Å². The zero-order chi connectivity index (χ0) is 13.7. The SMILES string of the molecule is CNC(C)c1nc(CC23CC4CC(CC(C4)C2)C3)no1. The van der Waals surface area contributed by atoms with Gasteiger partial charge in [0, 0.05) is 6.42 Å². The van der Waals surface area contributed by atoms with Crippen molar-refractivity contribution < 1.29 is 4.52 Å². The first-order chi connectivity index (χ1) is 9.66. The van der Waals surface area contributed by atoms with E-state index in [1.54, 1.807) is 0 Å². The fraction of sp³-hybridized carbons (Fsp3) is 0.875. The summed E-state index contributed by atoms with van der Waals surface area (Å²) in [5.41, 5.74) is 0.499. The standard InChI is InChI=1S/C16H25N3O/c1-10(17-2)15-18-14(19-20-15)9-16-6-11-3-12(7-16)5-13(4-11)8-16/h10-13,17H,3-9H2,1-2H3. The molecule has 0 saturated heterocycles. The quantitative estimate of drug-likeness (QED) is 0.917. The molecule has 4 saturated carbocycles. The maximum atomic E-state index is 5.41. The zero-order valence-corrected chi connectivity index (χ0v) is 12.6. The lowest BCUT2D eigenvalue weighted by molar-refractivity contribution is -0.0533. The third kappa shape index (κ3) is 2.09. The highest BCUT2D eigenvalue weighted by atomic mass is 16.5. The van der Waals surface area contributed by atoms with Gasteiger partial charge in [0.15, 0.2) is 5.82 Å². The molecule has 1 aromatic heterocycles. The van der Waals surface area contributed by atoms with Crippen LogP contribution in [0.1, 0.15) is 63.2 Å². The van der Waals surface area contributed by atoms with Crippen LogP contribution < -0.4 is 5.32 Å². The Morgan fingerprint density at radius 1 is 1.20 bits per heavy atom. The Morgan fingerprint density at radius 2 is 1.80 bits per heavy atom. The van der Waals surface area contributed by atoms with Crippen molar-refractivity contribution in [3.05, 3.63) is 11.7 Å². The largest absolute Gasteiger partial charge is 0.338 e. The Hall–Kier alpha value is -0.900. The first-order valence-electron chi connectivity index (χ1n) is 8.15. The second-order valence-corrected chi connectivity index (χ2v) is 7.65. The second kappa shape index (κ2) is 4.55. The minimum absolute atomic E-state index is 0.146. The van der Waals surface area contributed by atoms with E-state index in [0.29, 0.717) is 5.41 Å². The lowest BCUT2D eigenvalue weighted by Gasteiger charge is -2.56. The minimum Gasteiger partial charge on any atom is -0.338 e. The van der Waals surface area contributed by atoms with Crippen molar-refractivity contribution in [2.45, 2.75) is 57.9 Å². The average Bonchev–Trinajstić information content (AvgIpc) is 2.83. The molecule has 0 aliphatic heterocycles. The van der Waals surface area contributed by atoms with Gasteiger partial charge in [-0.2, -0.15) is 4.98 Å². The van der Waals surface area contributed by atoms with Crippen LogP contribution in [0.5, 0.6) is 0 Å². The van der Waals surface area contributed by atoms with Crippen LogP contribution in [-0.2, 0) is 6.42 Å². The van der Waals surface area contributed by atoms with Gasteiger partial charge in [0.1, 0.15) is 0 Å². The first-order valence-corrected chi connectivity index (χ1v) is 8.15. The second-order valence-electron chi connectivity index (χ2n) is 7.65. The highest BCUT2D eigenvalue weighted by Gasteiger charge is 2.51. The summed E-state index contributed by atoms with van der Waals surface area (Å²) in [7, 11) is 1.92. The Balaban J connectivity index is 1.52. The topological polar surface area (TPSA) is 51.0 Å². The summed E-state index contributed by atoms with van der Waals surface area (Å²) in [6.07, 6.45) is 9.74. The van der Waals surface area contributed by atoms with Crippen molar-refractivity contribution >= 4 is 0 Å². The summed E-state index contributed by atoms with van der Waals surface area (Å²) in [6, 6.07) is 0.146. The van der Waals surface area contributed by atoms with Crippen molar-refractivity contribution in [3.63, 3.8) is 0 Å². The molecule has 1 atom stereocenters. The van der Waals surface area contributed by atoms with E-state index in [1.165, 1.54) is 38.5 Å². The van der Waals surface area contributed by atoms with Gasteiger partial charge in [-0.1, -0.05) is 5.16 Å². The predicted octanol–water partition coefficient (Wildman–Crippen LogP) is 3.11. The molecule has 110 valence electrons. The van der Waals surface area contributed by atoms with Gasteiger partial charge in [-0.05, 0) is 75.7 Å². The summed E-state index contributed by atoms with van der Waals surface area (Å²) in [6.45, 7) is 2.06. The number of aromatic nitrogens is 2. The molecule has 4 bridgehead atoms. The van der Waals surface area contributed by atoms with Crippen LogP contribution in [-0.4, -0.2) is 17.2 Å². The molecule has 4 aliphatic carbocycles. The molecular weight excluding hydrogens is 250 g/mol. The molecule has 20 heavy (non-hydrogen) atoms. The molecule has 1 heterocycles. The molecule has 0 aromatic carbocycles. The van der Waals surface area contributed by atoms with Crippen LogP contribution >= 0.6 is 0 Å². The van der Waals surface area contributed by atoms with E-state index in [2.05, 4.69) is 22.4 Å². The van der Waals surface area contributed by atoms with Crippen molar-refractivity contribution in [1.29, 1.82) is 0 Å². The van der Waals surface area contributed by atoms with Crippen LogP contribution in [0.3, 0.4) is 0 Å². The Morgan fingerprint density at radius 3 is 2.35 bits per heavy atom. The molecule has 0 radical (unpaired) electrons. The van der Waals surface area contributed by atoms with Crippen molar-refractivity contribution in [2.24, 2.45) is 23.2 Å². The van der Waals surface area contributed by atoms with Crippen LogP contribution in [0.25, 0.3) is 0 Å². The van der Waals surface area contributed by atoms with Gasteiger partial charge in [-0.25, -0.2) is 0 Å². The summed E-state index contributed by atoms with van der Waals surface area (Å²) < 4.78 is 5.41. The normalized spacial score (nSPS) is 40.2. The molecule has 4 fully saturated rings. The van der Waals surface area contributed by atoms with E-state index >= 15 is 0 Å². The summed E-state index contributed by atoms with van der Waals surface area (Å²) in [5, 5.41) is 7.39. The third-order valence-electron chi connectivity index (χ3n) is 5.99. The lowest BCUT2D eigenvalue weighted by atomic mass is 9.49. The minimum atomic E-state index is 0.146. The van der Waals surface area contributed by atoms with Crippen molar-refractivity contribution in [1.82, 2.24) is 15.5 Å². The first kappa shape index (κ1) is 12.8. The monoisotopic (exact) mass is 275 g/mol. The molecule has 1 unspecified atom stereocenters. The van der Waals surface area contributed by atoms with Gasteiger partial charge in [0.05, 0.1) is 6.04 Å². The average molecular weight is 275 g/mol. The van der Waals surface area contributed by atoms with Crippen LogP contribution in [0, 0.1) is 23.2 Å². The van der Waals surface area contributed by atoms with E-state index < -0.39 is 0 Å². The number of hydrogen-bond acceptors (Lipinski definition) is 4. The van der Waals surface area contributed by atoms with Gasteiger partial charge in [0.2, 0.25) is 5.89 Å². The number of nitrogens with one attached hydrogen (secondary N) is 1. The smallest absolute Gasteiger partial charge is 0.243 e. The molecular formula is C16H25N3O. The highest BCUT2D eigenvalue weighted by Crippen LogP contribution is 2.60. The lowest BCUT2D eigenvalue weighted by Crippen LogP contribution is -2.47. The maximum absolute atomic E-state index is 5.41. The molecule has 4 heteroatoms. The summed E-state index contributed by atoms with van der Waals surface area (Å²) >= 11 is 0. The molecule has 5 rings (SSSR count). The van der Waals surface area contributed by atoms with E-state index in [9.17, 15) is 0 Å². The van der Waals surface area contributed by atoms with Crippen LogP contribution in [0.15, 0.2) is 4.52 Å². The number of hydrogen-bond donors (Lipinski definition) is 1. The fourth-order valence-corrected chi connectivity index (χ4v) is 5.48. The molecule has 1 aromatic rings. The van der Waals surface area contributed by atoms with Crippen molar-refractivity contribution in [3.8, 4) is 0 Å². The van der Waals surface area contributed by atoms with Crippen LogP contribution in [0.4, 0.5) is 0 Å². The summed E-state index contributed by atoms with van der Waals surface area (Å²) in [5.74, 6) is 4.63. The van der Waals surface area contributed by atoms with Gasteiger partial charge in [0.25, 0.3) is 0 Å². The van der Waals surface area contributed by atoms with Gasteiger partial charge in [-0.15, -0.1) is 0 Å². The van der Waals surface area contributed by atoms with Gasteiger partial charge >= 0.3 is 0 Å². The molecule has 0 amide bonds. The number of nitrogens with zero attached hydrogens (tertiary/aromatic N) is 2. The molecule has 4 nitrogen and oxygen atoms in total. The maximum Gasteiger partial charge on any atom is 0.243 e. The third-order valence-corrected chi connectivity index (χ3v) is 5.99. The van der Waals surface area contributed by atoms with E-state index in [0.717, 1.165) is 35.9 Å². The Bertz CT molecular complexity index is 460. The van der Waals surface area contributed by atoms with Crippen LogP contribution in [0.2, 0.25) is 0 Å². The molecule has 0 spiro atoms. The molecule has 4 aliphatic rings. The van der Waals surface area contributed by atoms with E-state index in [4.69, 9.17) is 4.52 Å². The van der Waals surface area contributed by atoms with Crippen molar-refractivity contribution in [2.75, 3.05) is 7.05 Å². The Kier molecular flexibility index (Phi) is 2.92. The Labute approximate surface area is 120 Å². The van der Waals surface area contributed by atoms with Gasteiger partial charge in [-0.3, -0.25) is 0 Å². The fourth-order valence-electron chi connectivity index (χ4n) is 5.48. The predicted molar refractivity (Wildman–Crippen MR) is 76.1 cm³/mol. The zero-order valence-electron chi connectivity index (χ0n) is 12.6. The summed E-state index contributed by atoms with van der Waals surface area (Å²) in [4.78, 5) is 4.62. The van der Waals surface area contributed by atoms with Gasteiger partial charge < -0.3 is 9.84 Å².